The highest BCUT2D eigenvalue weighted by Gasteiger charge is 2.01. The van der Waals surface area contributed by atoms with Crippen LogP contribution in [0.2, 0.25) is 0 Å². The minimum atomic E-state index is 0.580. The summed E-state index contributed by atoms with van der Waals surface area (Å²) in [5.74, 6) is 1.36. The van der Waals surface area contributed by atoms with E-state index in [1.807, 2.05) is 36.4 Å². The van der Waals surface area contributed by atoms with E-state index in [0.29, 0.717) is 17.1 Å². The number of rotatable bonds is 2. The summed E-state index contributed by atoms with van der Waals surface area (Å²) in [6, 6.07) is 18.8. The van der Waals surface area contributed by atoms with E-state index in [1.54, 1.807) is 24.4 Å². The van der Waals surface area contributed by atoms with Crippen molar-refractivity contribution in [1.82, 2.24) is 4.98 Å². The van der Waals surface area contributed by atoms with Crippen LogP contribution in [0.1, 0.15) is 5.56 Å². The third kappa shape index (κ3) is 2.38. The smallest absolute Gasteiger partial charge is 0.129 e. The van der Waals surface area contributed by atoms with Crippen LogP contribution in [0, 0.1) is 11.3 Å². The van der Waals surface area contributed by atoms with Gasteiger partial charge in [0.1, 0.15) is 11.5 Å². The SMILES string of the molecule is N#Cc1cccc(Oc2ccc3cccnc3c2)c1. The van der Waals surface area contributed by atoms with E-state index in [2.05, 4.69) is 11.1 Å². The van der Waals surface area contributed by atoms with Gasteiger partial charge in [0, 0.05) is 17.6 Å². The van der Waals surface area contributed by atoms with Crippen molar-refractivity contribution in [2.75, 3.05) is 0 Å². The van der Waals surface area contributed by atoms with Gasteiger partial charge >= 0.3 is 0 Å². The second kappa shape index (κ2) is 4.79. The van der Waals surface area contributed by atoms with Crippen LogP contribution in [0.25, 0.3) is 10.9 Å². The zero-order chi connectivity index (χ0) is 13.1. The lowest BCUT2D eigenvalue weighted by Gasteiger charge is -2.06. The normalized spacial score (nSPS) is 10.1. The highest BCUT2D eigenvalue weighted by Crippen LogP contribution is 2.25. The van der Waals surface area contributed by atoms with Crippen LogP contribution in [-0.4, -0.2) is 4.98 Å². The van der Waals surface area contributed by atoms with E-state index < -0.39 is 0 Å². The number of ether oxygens (including phenoxy) is 1. The number of nitriles is 1. The summed E-state index contributed by atoms with van der Waals surface area (Å²) < 4.78 is 5.74. The van der Waals surface area contributed by atoms with Crippen LogP contribution in [0.3, 0.4) is 0 Å². The summed E-state index contributed by atoms with van der Waals surface area (Å²) in [5, 5.41) is 9.92. The Balaban J connectivity index is 1.94. The summed E-state index contributed by atoms with van der Waals surface area (Å²) in [4.78, 5) is 4.28. The molecule has 2 aromatic carbocycles. The maximum Gasteiger partial charge on any atom is 0.129 e. The monoisotopic (exact) mass is 246 g/mol. The summed E-state index contributed by atoms with van der Waals surface area (Å²) >= 11 is 0. The summed E-state index contributed by atoms with van der Waals surface area (Å²) in [7, 11) is 0. The minimum Gasteiger partial charge on any atom is -0.457 e. The fraction of sp³-hybridized carbons (Fsp3) is 0. The van der Waals surface area contributed by atoms with Gasteiger partial charge in [0.2, 0.25) is 0 Å². The first-order chi connectivity index (χ1) is 9.35. The maximum atomic E-state index is 8.85. The molecule has 0 aliphatic carbocycles. The number of hydrogen-bond donors (Lipinski definition) is 0. The molecule has 0 saturated heterocycles. The molecule has 3 heteroatoms. The molecule has 0 saturated carbocycles. The Morgan fingerprint density at radius 1 is 0.947 bits per heavy atom. The largest absolute Gasteiger partial charge is 0.457 e. The molecule has 1 aromatic heterocycles. The van der Waals surface area contributed by atoms with Crippen LogP contribution in [0.15, 0.2) is 60.8 Å². The Morgan fingerprint density at radius 2 is 1.84 bits per heavy atom. The van der Waals surface area contributed by atoms with Crippen molar-refractivity contribution < 1.29 is 4.74 Å². The zero-order valence-electron chi connectivity index (χ0n) is 10.1. The molecule has 0 spiro atoms. The standard InChI is InChI=1S/C16H10N2O/c17-11-12-3-1-5-14(9-12)19-15-7-6-13-4-2-8-18-16(13)10-15/h1-10H. The quantitative estimate of drug-likeness (QED) is 0.688. The first kappa shape index (κ1) is 11.2. The highest BCUT2D eigenvalue weighted by atomic mass is 16.5. The number of nitrogens with zero attached hydrogens (tertiary/aromatic N) is 2. The highest BCUT2D eigenvalue weighted by molar-refractivity contribution is 5.79. The Morgan fingerprint density at radius 3 is 2.74 bits per heavy atom. The second-order valence-corrected chi connectivity index (χ2v) is 4.10. The topological polar surface area (TPSA) is 45.9 Å². The van der Waals surface area contributed by atoms with Gasteiger partial charge in [-0.3, -0.25) is 4.98 Å². The molecule has 1 heterocycles. The molecular formula is C16H10N2O. The number of fused-ring (bicyclic) bond motifs is 1. The van der Waals surface area contributed by atoms with Crippen molar-refractivity contribution in [3.8, 4) is 17.6 Å². The number of hydrogen-bond acceptors (Lipinski definition) is 3. The van der Waals surface area contributed by atoms with Crippen LogP contribution in [0.4, 0.5) is 0 Å². The number of benzene rings is 2. The van der Waals surface area contributed by atoms with Gasteiger partial charge in [-0.15, -0.1) is 0 Å². The average molecular weight is 246 g/mol. The fourth-order valence-electron chi connectivity index (χ4n) is 1.87. The van der Waals surface area contributed by atoms with Crippen molar-refractivity contribution >= 4 is 10.9 Å². The van der Waals surface area contributed by atoms with Gasteiger partial charge in [-0.2, -0.15) is 5.26 Å². The molecule has 0 fully saturated rings. The molecule has 3 aromatic rings. The molecule has 0 N–H and O–H groups in total. The second-order valence-electron chi connectivity index (χ2n) is 4.10. The lowest BCUT2D eigenvalue weighted by Crippen LogP contribution is -1.86. The Labute approximate surface area is 110 Å². The molecule has 0 aliphatic rings. The fourth-order valence-corrected chi connectivity index (χ4v) is 1.87. The van der Waals surface area contributed by atoms with Crippen LogP contribution in [0.5, 0.6) is 11.5 Å². The van der Waals surface area contributed by atoms with Gasteiger partial charge in [0.25, 0.3) is 0 Å². The van der Waals surface area contributed by atoms with E-state index in [1.165, 1.54) is 0 Å². The van der Waals surface area contributed by atoms with Crippen LogP contribution >= 0.6 is 0 Å². The van der Waals surface area contributed by atoms with Gasteiger partial charge in [0.15, 0.2) is 0 Å². The molecule has 0 unspecified atom stereocenters. The van der Waals surface area contributed by atoms with Crippen molar-refractivity contribution in [3.63, 3.8) is 0 Å². The molecular weight excluding hydrogens is 236 g/mol. The lowest BCUT2D eigenvalue weighted by atomic mass is 10.2. The van der Waals surface area contributed by atoms with E-state index in [-0.39, 0.29) is 0 Å². The van der Waals surface area contributed by atoms with Crippen LogP contribution in [-0.2, 0) is 0 Å². The predicted octanol–water partition coefficient (Wildman–Crippen LogP) is 3.90. The van der Waals surface area contributed by atoms with Gasteiger partial charge in [-0.1, -0.05) is 12.1 Å². The third-order valence-corrected chi connectivity index (χ3v) is 2.78. The Bertz CT molecular complexity index is 775. The third-order valence-electron chi connectivity index (χ3n) is 2.78. The minimum absolute atomic E-state index is 0.580. The molecule has 0 radical (unpaired) electrons. The lowest BCUT2D eigenvalue weighted by molar-refractivity contribution is 0.483. The molecule has 0 aliphatic heterocycles. The van der Waals surface area contributed by atoms with Gasteiger partial charge < -0.3 is 4.74 Å². The van der Waals surface area contributed by atoms with E-state index in [9.17, 15) is 0 Å². The molecule has 3 rings (SSSR count). The van der Waals surface area contributed by atoms with Crippen LogP contribution < -0.4 is 4.74 Å². The molecule has 0 bridgehead atoms. The van der Waals surface area contributed by atoms with E-state index in [4.69, 9.17) is 10.00 Å². The average Bonchev–Trinajstić information content (AvgIpc) is 2.47. The predicted molar refractivity (Wildman–Crippen MR) is 73.0 cm³/mol. The number of pyridine rings is 1. The van der Waals surface area contributed by atoms with Gasteiger partial charge in [-0.05, 0) is 36.4 Å². The van der Waals surface area contributed by atoms with Crippen molar-refractivity contribution in [2.24, 2.45) is 0 Å². The Kier molecular flexibility index (Phi) is 2.83. The van der Waals surface area contributed by atoms with E-state index in [0.717, 1.165) is 10.9 Å². The molecule has 19 heavy (non-hydrogen) atoms. The van der Waals surface area contributed by atoms with Gasteiger partial charge in [0.05, 0.1) is 17.1 Å². The zero-order valence-corrected chi connectivity index (χ0v) is 10.1. The molecule has 0 amide bonds. The molecule has 0 atom stereocenters. The molecule has 3 nitrogen and oxygen atoms in total. The van der Waals surface area contributed by atoms with Crippen molar-refractivity contribution in [2.45, 2.75) is 0 Å². The van der Waals surface area contributed by atoms with Gasteiger partial charge in [-0.25, -0.2) is 0 Å². The first-order valence-corrected chi connectivity index (χ1v) is 5.88. The maximum absolute atomic E-state index is 8.85. The summed E-state index contributed by atoms with van der Waals surface area (Å²) in [6.45, 7) is 0. The Hall–Kier alpha value is -2.86. The van der Waals surface area contributed by atoms with Crippen molar-refractivity contribution in [1.29, 1.82) is 5.26 Å². The molecule has 90 valence electrons. The summed E-state index contributed by atoms with van der Waals surface area (Å²) in [6.07, 6.45) is 1.75. The first-order valence-electron chi connectivity index (χ1n) is 5.88. The van der Waals surface area contributed by atoms with Crippen molar-refractivity contribution in [3.05, 3.63) is 66.4 Å². The summed E-state index contributed by atoms with van der Waals surface area (Å²) in [5.41, 5.74) is 1.47. The van der Waals surface area contributed by atoms with E-state index >= 15 is 0 Å². The number of aromatic nitrogens is 1.